The van der Waals surface area contributed by atoms with E-state index in [2.05, 4.69) is 0 Å². The second-order valence-electron chi connectivity index (χ2n) is 3.90. The Hall–Kier alpha value is -1.11. The number of methoxy groups -OCH3 is 1. The third kappa shape index (κ3) is 4.81. The van der Waals surface area contributed by atoms with Crippen molar-refractivity contribution in [3.05, 3.63) is 23.8 Å². The molecule has 0 aromatic heterocycles. The number of rotatable bonds is 7. The van der Waals surface area contributed by atoms with Gasteiger partial charge in [-0.15, -0.1) is 0 Å². The zero-order chi connectivity index (χ0) is 14.5. The van der Waals surface area contributed by atoms with Gasteiger partial charge in [0.2, 0.25) is 0 Å². The van der Waals surface area contributed by atoms with E-state index in [9.17, 15) is 13.2 Å². The van der Waals surface area contributed by atoms with E-state index in [1.54, 1.807) is 7.11 Å². The van der Waals surface area contributed by atoms with Crippen molar-refractivity contribution in [1.29, 1.82) is 0 Å². The number of sulfone groups is 1. The predicted molar refractivity (Wildman–Crippen MR) is 71.7 cm³/mol. The fourth-order valence-electron chi connectivity index (χ4n) is 1.40. The minimum Gasteiger partial charge on any atom is -0.493 e. The Labute approximate surface area is 117 Å². The van der Waals surface area contributed by atoms with Crippen molar-refractivity contribution < 1.29 is 22.7 Å². The molecular formula is C12H15ClO5S. The van der Waals surface area contributed by atoms with Crippen LogP contribution in [0.25, 0.3) is 0 Å². The number of ether oxygens (including phenoxy) is 2. The van der Waals surface area contributed by atoms with Crippen molar-refractivity contribution in [2.75, 3.05) is 26.6 Å². The van der Waals surface area contributed by atoms with Gasteiger partial charge >= 0.3 is 0 Å². The summed E-state index contributed by atoms with van der Waals surface area (Å²) in [5.41, 5.74) is 0.145. The highest BCUT2D eigenvalue weighted by molar-refractivity contribution is 7.90. The monoisotopic (exact) mass is 306 g/mol. The maximum Gasteiger partial charge on any atom is 0.256 e. The van der Waals surface area contributed by atoms with Gasteiger partial charge < -0.3 is 9.47 Å². The standard InChI is InChI=1S/C12H15ClO5S/c1-17-6-3-7-18-11-8-9(19(2,15)16)4-5-10(11)12(13)14/h4-5,8H,3,6-7H2,1-2H3. The van der Waals surface area contributed by atoms with Crippen LogP contribution in [-0.4, -0.2) is 40.2 Å². The fourth-order valence-corrected chi connectivity index (χ4v) is 2.19. The molecule has 0 atom stereocenters. The molecule has 0 fully saturated rings. The van der Waals surface area contributed by atoms with Crippen LogP contribution in [0.3, 0.4) is 0 Å². The van der Waals surface area contributed by atoms with Crippen LogP contribution >= 0.6 is 11.6 Å². The third-order valence-corrected chi connectivity index (χ3v) is 3.66. The Bertz CT molecular complexity index is 553. The Balaban J connectivity index is 2.99. The number of halogens is 1. The molecular weight excluding hydrogens is 292 g/mol. The Morgan fingerprint density at radius 1 is 1.32 bits per heavy atom. The van der Waals surface area contributed by atoms with Crippen molar-refractivity contribution in [3.63, 3.8) is 0 Å². The highest BCUT2D eigenvalue weighted by atomic mass is 35.5. The SMILES string of the molecule is COCCCOc1cc(S(C)(=O)=O)ccc1C(=O)Cl. The first-order valence-corrected chi connectivity index (χ1v) is 7.79. The van der Waals surface area contributed by atoms with Gasteiger partial charge in [-0.05, 0) is 29.8 Å². The zero-order valence-electron chi connectivity index (χ0n) is 10.7. The van der Waals surface area contributed by atoms with Crippen LogP contribution in [-0.2, 0) is 14.6 Å². The molecule has 0 heterocycles. The predicted octanol–water partition coefficient (Wildman–Crippen LogP) is 1.88. The van der Waals surface area contributed by atoms with Gasteiger partial charge in [-0.25, -0.2) is 8.42 Å². The molecule has 5 nitrogen and oxygen atoms in total. The van der Waals surface area contributed by atoms with Gasteiger partial charge in [0.15, 0.2) is 9.84 Å². The van der Waals surface area contributed by atoms with Crippen LogP contribution in [0.1, 0.15) is 16.8 Å². The largest absolute Gasteiger partial charge is 0.493 e. The van der Waals surface area contributed by atoms with Gasteiger partial charge in [0.05, 0.1) is 17.1 Å². The molecule has 0 saturated carbocycles. The van der Waals surface area contributed by atoms with Crippen molar-refractivity contribution in [2.45, 2.75) is 11.3 Å². The van der Waals surface area contributed by atoms with Gasteiger partial charge in [-0.1, -0.05) is 0 Å². The number of hydrogen-bond donors (Lipinski definition) is 0. The molecule has 0 saturated heterocycles. The first-order chi connectivity index (χ1) is 8.86. The molecule has 7 heteroatoms. The molecule has 0 radical (unpaired) electrons. The highest BCUT2D eigenvalue weighted by Crippen LogP contribution is 2.25. The molecule has 0 amide bonds. The van der Waals surface area contributed by atoms with Crippen LogP contribution in [0.2, 0.25) is 0 Å². The zero-order valence-corrected chi connectivity index (χ0v) is 12.3. The number of carbonyl (C=O) groups is 1. The summed E-state index contributed by atoms with van der Waals surface area (Å²) in [6.45, 7) is 0.814. The van der Waals surface area contributed by atoms with Gasteiger partial charge in [-0.2, -0.15) is 0 Å². The molecule has 19 heavy (non-hydrogen) atoms. The second kappa shape index (κ2) is 6.88. The van der Waals surface area contributed by atoms with Crippen LogP contribution < -0.4 is 4.74 Å². The Morgan fingerprint density at radius 3 is 2.53 bits per heavy atom. The summed E-state index contributed by atoms with van der Waals surface area (Å²) in [5, 5.41) is -0.693. The number of hydrogen-bond acceptors (Lipinski definition) is 5. The van der Waals surface area contributed by atoms with Crippen molar-refractivity contribution in [2.24, 2.45) is 0 Å². The second-order valence-corrected chi connectivity index (χ2v) is 6.26. The lowest BCUT2D eigenvalue weighted by Gasteiger charge is -2.10. The van der Waals surface area contributed by atoms with E-state index in [4.69, 9.17) is 21.1 Å². The summed E-state index contributed by atoms with van der Waals surface area (Å²) < 4.78 is 33.2. The summed E-state index contributed by atoms with van der Waals surface area (Å²) in [5.74, 6) is 0.166. The summed E-state index contributed by atoms with van der Waals surface area (Å²) >= 11 is 5.42. The van der Waals surface area contributed by atoms with E-state index in [0.29, 0.717) is 19.6 Å². The summed E-state index contributed by atoms with van der Waals surface area (Å²) in [6.07, 6.45) is 1.70. The average Bonchev–Trinajstić information content (AvgIpc) is 2.33. The lowest BCUT2D eigenvalue weighted by Crippen LogP contribution is -2.06. The quantitative estimate of drug-likeness (QED) is 0.568. The minimum absolute atomic E-state index is 0.0795. The lowest BCUT2D eigenvalue weighted by molar-refractivity contribution is 0.107. The molecule has 1 rings (SSSR count). The molecule has 1 aromatic carbocycles. The molecule has 1 aromatic rings. The molecule has 0 aliphatic heterocycles. The van der Waals surface area contributed by atoms with Crippen molar-refractivity contribution in [1.82, 2.24) is 0 Å². The summed E-state index contributed by atoms with van der Waals surface area (Å²) in [4.78, 5) is 11.3. The normalized spacial score (nSPS) is 11.3. The van der Waals surface area contributed by atoms with E-state index >= 15 is 0 Å². The molecule has 0 spiro atoms. The van der Waals surface area contributed by atoms with Crippen LogP contribution in [0.5, 0.6) is 5.75 Å². The van der Waals surface area contributed by atoms with Gasteiger partial charge in [0.1, 0.15) is 5.75 Å². The Kier molecular flexibility index (Phi) is 5.78. The Morgan fingerprint density at radius 2 is 2.00 bits per heavy atom. The van der Waals surface area contributed by atoms with Crippen LogP contribution in [0.4, 0.5) is 0 Å². The van der Waals surface area contributed by atoms with E-state index in [-0.39, 0.29) is 16.2 Å². The van der Waals surface area contributed by atoms with Crippen molar-refractivity contribution >= 4 is 26.7 Å². The molecule has 0 bridgehead atoms. The van der Waals surface area contributed by atoms with Gasteiger partial charge in [0, 0.05) is 26.4 Å². The summed E-state index contributed by atoms with van der Waals surface area (Å²) in [6, 6.07) is 3.97. The van der Waals surface area contributed by atoms with Crippen LogP contribution in [0.15, 0.2) is 23.1 Å². The van der Waals surface area contributed by atoms with E-state index < -0.39 is 15.1 Å². The van der Waals surface area contributed by atoms with Gasteiger partial charge in [0.25, 0.3) is 5.24 Å². The molecule has 0 aliphatic carbocycles. The maximum absolute atomic E-state index is 11.4. The van der Waals surface area contributed by atoms with Crippen molar-refractivity contribution in [3.8, 4) is 5.75 Å². The topological polar surface area (TPSA) is 69.7 Å². The van der Waals surface area contributed by atoms with Crippen LogP contribution in [0, 0.1) is 0 Å². The first kappa shape index (κ1) is 15.9. The summed E-state index contributed by atoms with van der Waals surface area (Å²) in [7, 11) is -1.79. The maximum atomic E-state index is 11.4. The average molecular weight is 307 g/mol. The highest BCUT2D eigenvalue weighted by Gasteiger charge is 2.15. The third-order valence-electron chi connectivity index (χ3n) is 2.34. The molecule has 0 unspecified atom stereocenters. The first-order valence-electron chi connectivity index (χ1n) is 5.52. The minimum atomic E-state index is -3.36. The number of carbonyl (C=O) groups excluding carboxylic acids is 1. The van der Waals surface area contributed by atoms with E-state index in [1.807, 2.05) is 0 Å². The van der Waals surface area contributed by atoms with E-state index in [0.717, 1.165) is 6.26 Å². The smallest absolute Gasteiger partial charge is 0.256 e. The fraction of sp³-hybridized carbons (Fsp3) is 0.417. The molecule has 106 valence electrons. The molecule has 0 aliphatic rings. The van der Waals surface area contributed by atoms with E-state index in [1.165, 1.54) is 18.2 Å². The molecule has 0 N–H and O–H groups in total. The number of benzene rings is 1. The van der Waals surface area contributed by atoms with Gasteiger partial charge in [-0.3, -0.25) is 4.79 Å². The lowest BCUT2D eigenvalue weighted by atomic mass is 10.2.